The number of likely N-dealkylation sites (tertiary alicyclic amines) is 1. The Morgan fingerprint density at radius 2 is 2.00 bits per heavy atom. The van der Waals surface area contributed by atoms with Gasteiger partial charge in [-0.3, -0.25) is 19.4 Å². The molecular weight excluding hydrogens is 302 g/mol. The van der Waals surface area contributed by atoms with Crippen molar-refractivity contribution >= 4 is 5.91 Å². The molecule has 2 aromatic heterocycles. The number of carbonyl (C=O) groups is 1. The fourth-order valence-electron chi connectivity index (χ4n) is 3.27. The molecule has 1 fully saturated rings. The first-order valence-corrected chi connectivity index (χ1v) is 8.65. The number of aromatic nitrogens is 4. The fourth-order valence-corrected chi connectivity index (χ4v) is 3.27. The highest BCUT2D eigenvalue weighted by atomic mass is 16.2. The largest absolute Gasteiger partial charge is 0.343 e. The topological polar surface area (TPSA) is 63.9 Å². The van der Waals surface area contributed by atoms with Gasteiger partial charge in [-0.1, -0.05) is 0 Å². The van der Waals surface area contributed by atoms with Gasteiger partial charge in [-0.15, -0.1) is 0 Å². The zero-order valence-corrected chi connectivity index (χ0v) is 14.6. The van der Waals surface area contributed by atoms with Crippen molar-refractivity contribution in [2.45, 2.75) is 46.1 Å². The zero-order chi connectivity index (χ0) is 17.1. The number of rotatable bonds is 4. The molecule has 6 heteroatoms. The van der Waals surface area contributed by atoms with Crippen LogP contribution in [0.5, 0.6) is 0 Å². The second-order valence-corrected chi connectivity index (χ2v) is 6.80. The van der Waals surface area contributed by atoms with Crippen LogP contribution >= 0.6 is 0 Å². The van der Waals surface area contributed by atoms with Gasteiger partial charge in [0.2, 0.25) is 5.91 Å². The number of hydrogen-bond acceptors (Lipinski definition) is 4. The lowest BCUT2D eigenvalue weighted by molar-refractivity contribution is -0.130. The van der Waals surface area contributed by atoms with Crippen molar-refractivity contribution in [3.05, 3.63) is 30.4 Å². The Hall–Kier alpha value is -2.24. The quantitative estimate of drug-likeness (QED) is 0.866. The van der Waals surface area contributed by atoms with Crippen molar-refractivity contribution in [1.29, 1.82) is 0 Å². The summed E-state index contributed by atoms with van der Waals surface area (Å²) in [5.74, 6) is 0.765. The molecule has 3 rings (SSSR count). The van der Waals surface area contributed by atoms with Gasteiger partial charge in [-0.25, -0.2) is 0 Å². The van der Waals surface area contributed by atoms with Crippen LogP contribution in [0.1, 0.15) is 45.3 Å². The average molecular weight is 327 g/mol. The van der Waals surface area contributed by atoms with E-state index in [9.17, 15) is 4.79 Å². The Balaban J connectivity index is 1.63. The molecule has 0 aromatic carbocycles. The van der Waals surface area contributed by atoms with E-state index in [0.717, 1.165) is 49.4 Å². The van der Waals surface area contributed by atoms with Crippen LogP contribution in [0, 0.1) is 5.92 Å². The maximum Gasteiger partial charge on any atom is 0.219 e. The molecule has 0 bridgehead atoms. The smallest absolute Gasteiger partial charge is 0.219 e. The zero-order valence-electron chi connectivity index (χ0n) is 14.6. The molecule has 128 valence electrons. The first-order chi connectivity index (χ1) is 11.5. The summed E-state index contributed by atoms with van der Waals surface area (Å²) in [6.45, 7) is 7.57. The number of hydrogen-bond donors (Lipinski definition) is 0. The highest BCUT2D eigenvalue weighted by molar-refractivity contribution is 5.73. The SMILES string of the molecule is CC(=O)N1CCC(Cc2cnc(-c3ccnn3C(C)C)cn2)CC1. The normalized spacial score (nSPS) is 15.9. The van der Waals surface area contributed by atoms with Gasteiger partial charge in [0.1, 0.15) is 5.69 Å². The molecule has 0 unspecified atom stereocenters. The van der Waals surface area contributed by atoms with Crippen molar-refractivity contribution in [3.63, 3.8) is 0 Å². The second-order valence-electron chi connectivity index (χ2n) is 6.80. The fraction of sp³-hybridized carbons (Fsp3) is 0.556. The van der Waals surface area contributed by atoms with Crippen LogP contribution in [0.25, 0.3) is 11.4 Å². The van der Waals surface area contributed by atoms with E-state index in [1.165, 1.54) is 0 Å². The van der Waals surface area contributed by atoms with Crippen LogP contribution in [0.15, 0.2) is 24.7 Å². The molecular formula is C18H25N5O. The number of amides is 1. The third kappa shape index (κ3) is 3.63. The molecule has 0 atom stereocenters. The van der Waals surface area contributed by atoms with Crippen LogP contribution < -0.4 is 0 Å². The molecule has 0 N–H and O–H groups in total. The van der Waals surface area contributed by atoms with E-state index in [4.69, 9.17) is 0 Å². The van der Waals surface area contributed by atoms with Crippen molar-refractivity contribution in [1.82, 2.24) is 24.6 Å². The predicted molar refractivity (Wildman–Crippen MR) is 92.3 cm³/mol. The lowest BCUT2D eigenvalue weighted by Gasteiger charge is -2.31. The number of carbonyl (C=O) groups excluding carboxylic acids is 1. The van der Waals surface area contributed by atoms with Crippen LogP contribution in [0.4, 0.5) is 0 Å². The first kappa shape index (κ1) is 16.6. The standard InChI is InChI=1S/C18H25N5O/c1-13(2)23-18(4-7-21-23)17-12-19-16(11-20-17)10-15-5-8-22(9-6-15)14(3)24/h4,7,11-13,15H,5-6,8-10H2,1-3H3. The van der Waals surface area contributed by atoms with Crippen LogP contribution in [-0.4, -0.2) is 43.6 Å². The van der Waals surface area contributed by atoms with E-state index < -0.39 is 0 Å². The summed E-state index contributed by atoms with van der Waals surface area (Å²) in [6, 6.07) is 2.27. The van der Waals surface area contributed by atoms with E-state index in [1.54, 1.807) is 13.1 Å². The van der Waals surface area contributed by atoms with Gasteiger partial charge in [-0.05, 0) is 45.1 Å². The summed E-state index contributed by atoms with van der Waals surface area (Å²) in [4.78, 5) is 22.5. The highest BCUT2D eigenvalue weighted by Gasteiger charge is 2.21. The summed E-state index contributed by atoms with van der Waals surface area (Å²) in [5.41, 5.74) is 2.88. The van der Waals surface area contributed by atoms with Gasteiger partial charge in [-0.2, -0.15) is 5.10 Å². The van der Waals surface area contributed by atoms with E-state index in [-0.39, 0.29) is 5.91 Å². The number of nitrogens with zero attached hydrogens (tertiary/aromatic N) is 5. The highest BCUT2D eigenvalue weighted by Crippen LogP contribution is 2.22. The van der Waals surface area contributed by atoms with E-state index in [1.807, 2.05) is 28.0 Å². The Kier molecular flexibility index (Phi) is 4.92. The van der Waals surface area contributed by atoms with E-state index in [2.05, 4.69) is 28.9 Å². The molecule has 0 aliphatic carbocycles. The van der Waals surface area contributed by atoms with E-state index >= 15 is 0 Å². The third-order valence-electron chi connectivity index (χ3n) is 4.68. The van der Waals surface area contributed by atoms with Crippen molar-refractivity contribution in [2.24, 2.45) is 5.92 Å². The van der Waals surface area contributed by atoms with Crippen LogP contribution in [-0.2, 0) is 11.2 Å². The molecule has 1 aliphatic heterocycles. The summed E-state index contributed by atoms with van der Waals surface area (Å²) in [6.07, 6.45) is 8.54. The van der Waals surface area contributed by atoms with Crippen molar-refractivity contribution < 1.29 is 4.79 Å². The molecule has 1 amide bonds. The Bertz CT molecular complexity index is 684. The van der Waals surface area contributed by atoms with Gasteiger partial charge >= 0.3 is 0 Å². The molecule has 6 nitrogen and oxygen atoms in total. The van der Waals surface area contributed by atoms with Gasteiger partial charge in [0.05, 0.1) is 17.6 Å². The minimum Gasteiger partial charge on any atom is -0.343 e. The molecule has 24 heavy (non-hydrogen) atoms. The van der Waals surface area contributed by atoms with Crippen molar-refractivity contribution in [3.8, 4) is 11.4 Å². The lowest BCUT2D eigenvalue weighted by atomic mass is 9.92. The summed E-state index contributed by atoms with van der Waals surface area (Å²) in [7, 11) is 0. The number of piperidine rings is 1. The maximum atomic E-state index is 11.4. The minimum atomic E-state index is 0.180. The molecule has 3 heterocycles. The molecule has 0 saturated carbocycles. The van der Waals surface area contributed by atoms with Crippen LogP contribution in [0.2, 0.25) is 0 Å². The predicted octanol–water partition coefficient (Wildman–Crippen LogP) is 2.72. The summed E-state index contributed by atoms with van der Waals surface area (Å²) in [5, 5.41) is 4.35. The monoisotopic (exact) mass is 327 g/mol. The van der Waals surface area contributed by atoms with Crippen molar-refractivity contribution in [2.75, 3.05) is 13.1 Å². The van der Waals surface area contributed by atoms with Gasteiger partial charge in [0, 0.05) is 38.4 Å². The minimum absolute atomic E-state index is 0.180. The lowest BCUT2D eigenvalue weighted by Crippen LogP contribution is -2.37. The van der Waals surface area contributed by atoms with Gasteiger partial charge in [0.25, 0.3) is 0 Å². The second kappa shape index (κ2) is 7.11. The van der Waals surface area contributed by atoms with E-state index in [0.29, 0.717) is 12.0 Å². The summed E-state index contributed by atoms with van der Waals surface area (Å²) >= 11 is 0. The first-order valence-electron chi connectivity index (χ1n) is 8.65. The third-order valence-corrected chi connectivity index (χ3v) is 4.68. The van der Waals surface area contributed by atoms with Crippen LogP contribution in [0.3, 0.4) is 0 Å². The Morgan fingerprint density at radius 3 is 2.58 bits per heavy atom. The Labute approximate surface area is 142 Å². The molecule has 1 aliphatic rings. The van der Waals surface area contributed by atoms with Gasteiger partial charge < -0.3 is 4.90 Å². The molecule has 2 aromatic rings. The maximum absolute atomic E-state index is 11.4. The molecule has 0 spiro atoms. The summed E-state index contributed by atoms with van der Waals surface area (Å²) < 4.78 is 1.96. The molecule has 0 radical (unpaired) electrons. The van der Waals surface area contributed by atoms with Gasteiger partial charge in [0.15, 0.2) is 0 Å². The average Bonchev–Trinajstić information content (AvgIpc) is 3.06. The molecule has 1 saturated heterocycles. The Morgan fingerprint density at radius 1 is 1.25 bits per heavy atom.